The summed E-state index contributed by atoms with van der Waals surface area (Å²) in [6, 6.07) is 16.5. The number of amides is 2. The first-order valence-corrected chi connectivity index (χ1v) is 23.2. The minimum absolute atomic E-state index is 0.0146. The van der Waals surface area contributed by atoms with Crippen LogP contribution in [-0.4, -0.2) is 108 Å². The molecule has 0 aliphatic carbocycles. The van der Waals surface area contributed by atoms with Gasteiger partial charge in [0.15, 0.2) is 5.78 Å². The van der Waals surface area contributed by atoms with Gasteiger partial charge in [-0.2, -0.15) is 0 Å². The summed E-state index contributed by atoms with van der Waals surface area (Å²) < 4.78 is 47.2. The topological polar surface area (TPSA) is 165 Å². The van der Waals surface area contributed by atoms with Gasteiger partial charge < -0.3 is 37.2 Å². The van der Waals surface area contributed by atoms with Crippen LogP contribution in [0.1, 0.15) is 75.1 Å². The summed E-state index contributed by atoms with van der Waals surface area (Å²) in [5.74, 6) is -4.52. The van der Waals surface area contributed by atoms with Crippen LogP contribution in [0.25, 0.3) is 0 Å². The second-order valence-corrected chi connectivity index (χ2v) is 18.4. The van der Waals surface area contributed by atoms with Crippen molar-refractivity contribution in [2.45, 2.75) is 71.2 Å². The molecule has 52 heavy (non-hydrogen) atoms. The maximum atomic E-state index is 14.5. The zero-order valence-corrected chi connectivity index (χ0v) is 34.2. The number of hydrogen-bond donors (Lipinski definition) is 2. The van der Waals surface area contributed by atoms with Crippen molar-refractivity contribution in [3.8, 4) is 0 Å². The lowest BCUT2D eigenvalue weighted by molar-refractivity contribution is -0.131. The van der Waals surface area contributed by atoms with Crippen LogP contribution in [0.3, 0.4) is 0 Å². The van der Waals surface area contributed by atoms with Crippen molar-refractivity contribution in [3.63, 3.8) is 0 Å². The molecule has 0 fully saturated rings. The molecule has 0 radical (unpaired) electrons. The van der Waals surface area contributed by atoms with Crippen molar-refractivity contribution < 1.29 is 49.9 Å². The quantitative estimate of drug-likeness (QED) is 0.0546. The monoisotopic (exact) mass is 780 g/mol. The van der Waals surface area contributed by atoms with E-state index in [1.54, 1.807) is 36.4 Å². The van der Waals surface area contributed by atoms with E-state index >= 15 is 0 Å². The molecule has 2 N–H and O–H groups in total. The fraction of sp³-hybridized carbons (Fsp3) is 0.556. The average molecular weight is 781 g/mol. The molecule has 0 bridgehead atoms. The van der Waals surface area contributed by atoms with Crippen LogP contribution in [0.15, 0.2) is 60.7 Å². The van der Waals surface area contributed by atoms with Crippen LogP contribution < -0.4 is 10.6 Å². The van der Waals surface area contributed by atoms with E-state index in [4.69, 9.17) is 26.6 Å². The maximum Gasteiger partial charge on any atom is 0.500 e. The molecule has 2 aromatic rings. The fourth-order valence-electron chi connectivity index (χ4n) is 5.61. The van der Waals surface area contributed by atoms with Crippen molar-refractivity contribution in [1.82, 2.24) is 10.6 Å². The SMILES string of the molecule is CCO[Si](CCCNC(=O)C(C(=O)NCCC[Si](OCC)(OCC)OCC)(C(=O)c1ccccc1)S(=O)CC(=O)c1ccccc1)(OCC)OCC. The summed E-state index contributed by atoms with van der Waals surface area (Å²) in [5, 5.41) is 5.38. The lowest BCUT2D eigenvalue weighted by Crippen LogP contribution is -2.65. The summed E-state index contributed by atoms with van der Waals surface area (Å²) in [6.07, 6.45) is 0.619. The summed E-state index contributed by atoms with van der Waals surface area (Å²) >= 11 is 0. The highest BCUT2D eigenvalue weighted by molar-refractivity contribution is 7.90. The van der Waals surface area contributed by atoms with Crippen LogP contribution in [-0.2, 0) is 46.9 Å². The number of hydrogen-bond acceptors (Lipinski definition) is 11. The Kier molecular flexibility index (Phi) is 20.6. The molecule has 0 aliphatic heterocycles. The zero-order chi connectivity index (χ0) is 38.5. The highest BCUT2D eigenvalue weighted by Gasteiger charge is 2.58. The molecule has 0 saturated heterocycles. The second-order valence-electron chi connectivity index (χ2n) is 11.3. The van der Waals surface area contributed by atoms with Crippen LogP contribution in [0.2, 0.25) is 12.1 Å². The molecule has 2 aromatic carbocycles. The number of rotatable bonds is 28. The highest BCUT2D eigenvalue weighted by atomic mass is 32.2. The molecule has 290 valence electrons. The molecular weight excluding hydrogens is 725 g/mol. The third kappa shape index (κ3) is 12.6. The Bertz CT molecular complexity index is 1340. The molecule has 16 heteroatoms. The smallest absolute Gasteiger partial charge is 0.374 e. The number of Topliss-reactive ketones (excluding diaryl/α,β-unsaturated/α-hetero) is 2. The van der Waals surface area contributed by atoms with Gasteiger partial charge in [0.05, 0.1) is 16.6 Å². The summed E-state index contributed by atoms with van der Waals surface area (Å²) in [4.78, 5) is 56.6. The van der Waals surface area contributed by atoms with Crippen molar-refractivity contribution in [2.24, 2.45) is 0 Å². The Morgan fingerprint density at radius 2 is 0.923 bits per heavy atom. The molecule has 2 amide bonds. The third-order valence-electron chi connectivity index (χ3n) is 7.77. The lowest BCUT2D eigenvalue weighted by Gasteiger charge is -2.31. The highest BCUT2D eigenvalue weighted by Crippen LogP contribution is 2.26. The number of benzene rings is 2. The number of nitrogens with one attached hydrogen (secondary N) is 2. The molecule has 2 rings (SSSR count). The van der Waals surface area contributed by atoms with E-state index in [0.717, 1.165) is 0 Å². The predicted octanol–water partition coefficient (Wildman–Crippen LogP) is 4.35. The molecule has 0 aromatic heterocycles. The van der Waals surface area contributed by atoms with Gasteiger partial charge in [-0.05, 0) is 54.4 Å². The Labute approximate surface area is 313 Å². The van der Waals surface area contributed by atoms with Gasteiger partial charge in [0, 0.05) is 75.9 Å². The van der Waals surface area contributed by atoms with Gasteiger partial charge in [0.2, 0.25) is 5.78 Å². The molecular formula is C36H56N2O11SSi2. The van der Waals surface area contributed by atoms with E-state index in [1.165, 1.54) is 24.3 Å². The number of carbonyl (C=O) groups is 4. The standard InChI is InChI=1S/C36H56N2O11SSi2/c1-7-44-51(45-8-2,46-9-3)27-19-25-37-34(41)36(33(40)31-23-17-14-18-24-31,50(43)29-32(39)30-21-15-13-16-22-30)35(42)38-26-20-28-52(47-10-4,48-11-5)49-12-6/h13-18,21-24H,7-12,19-20,25-29H2,1-6H3,(H,37,41)(H,38,42). The lowest BCUT2D eigenvalue weighted by atomic mass is 9.94. The Hall–Kier alpha value is -2.94. The van der Waals surface area contributed by atoms with Crippen molar-refractivity contribution in [3.05, 3.63) is 71.8 Å². The summed E-state index contributed by atoms with van der Waals surface area (Å²) in [5.41, 5.74) is 0.213. The van der Waals surface area contributed by atoms with Crippen molar-refractivity contribution in [2.75, 3.05) is 58.5 Å². The Morgan fingerprint density at radius 3 is 1.27 bits per heavy atom. The Morgan fingerprint density at radius 1 is 0.577 bits per heavy atom. The maximum absolute atomic E-state index is 14.5. The predicted molar refractivity (Wildman–Crippen MR) is 203 cm³/mol. The first-order chi connectivity index (χ1) is 25.0. The van der Waals surface area contributed by atoms with E-state index in [-0.39, 0.29) is 24.2 Å². The van der Waals surface area contributed by atoms with Crippen LogP contribution in [0.4, 0.5) is 0 Å². The van der Waals surface area contributed by atoms with E-state index in [1.807, 2.05) is 41.5 Å². The van der Waals surface area contributed by atoms with Gasteiger partial charge in [-0.1, -0.05) is 60.7 Å². The van der Waals surface area contributed by atoms with Gasteiger partial charge >= 0.3 is 17.6 Å². The molecule has 0 heterocycles. The van der Waals surface area contributed by atoms with Gasteiger partial charge in [-0.15, -0.1) is 0 Å². The minimum atomic E-state index is -3.08. The van der Waals surface area contributed by atoms with Crippen LogP contribution in [0.5, 0.6) is 0 Å². The third-order valence-corrected chi connectivity index (χ3v) is 15.8. The Balaban J connectivity index is 2.51. The van der Waals surface area contributed by atoms with E-state index in [9.17, 15) is 23.4 Å². The van der Waals surface area contributed by atoms with Crippen molar-refractivity contribution >= 4 is 51.8 Å². The average Bonchev–Trinajstić information content (AvgIpc) is 3.13. The summed E-state index contributed by atoms with van der Waals surface area (Å²) in [6.45, 7) is 13.2. The van der Waals surface area contributed by atoms with Crippen molar-refractivity contribution in [1.29, 1.82) is 0 Å². The first kappa shape index (κ1) is 45.2. The fourth-order valence-corrected chi connectivity index (χ4v) is 12.3. The van der Waals surface area contributed by atoms with Crippen LogP contribution in [0, 0.1) is 0 Å². The van der Waals surface area contributed by atoms with Gasteiger partial charge in [0.25, 0.3) is 16.6 Å². The molecule has 1 atom stereocenters. The number of carbonyl (C=O) groups excluding carboxylic acids is 4. The van der Waals surface area contributed by atoms with Gasteiger partial charge in [-0.3, -0.25) is 23.4 Å². The number of ketones is 2. The molecule has 13 nitrogen and oxygen atoms in total. The van der Waals surface area contributed by atoms with E-state index < -0.39 is 62.3 Å². The normalized spacial score (nSPS) is 12.7. The van der Waals surface area contributed by atoms with E-state index in [2.05, 4.69) is 10.6 Å². The minimum Gasteiger partial charge on any atom is -0.374 e. The molecule has 0 spiro atoms. The van der Waals surface area contributed by atoms with Gasteiger partial charge in [-0.25, -0.2) is 0 Å². The van der Waals surface area contributed by atoms with E-state index in [0.29, 0.717) is 64.6 Å². The van der Waals surface area contributed by atoms with Crippen LogP contribution >= 0.6 is 0 Å². The largest absolute Gasteiger partial charge is 0.500 e. The molecule has 0 saturated carbocycles. The summed E-state index contributed by atoms with van der Waals surface area (Å²) in [7, 11) is -8.81. The zero-order valence-electron chi connectivity index (χ0n) is 31.4. The molecule has 0 aliphatic rings. The second kappa shape index (κ2) is 23.7. The van der Waals surface area contributed by atoms with Gasteiger partial charge in [0.1, 0.15) is 0 Å². The molecule has 1 unspecified atom stereocenters. The first-order valence-electron chi connectivity index (χ1n) is 18.0.